The minimum absolute atomic E-state index is 0.00168. The summed E-state index contributed by atoms with van der Waals surface area (Å²) in [4.78, 5) is 18.3. The molecule has 0 saturated carbocycles. The highest BCUT2D eigenvalue weighted by atomic mass is 32.2. The van der Waals surface area contributed by atoms with E-state index in [2.05, 4.69) is 15.0 Å². The SMILES string of the molecule is CC(C)(C)NS(=O)(=O)c1c2cccc1[C@H]1C[N@+](C(=O)Nc3ccccn3)(S(C)(=O)=O)C2C1c1cccc(C(=N)N)c1. The fourth-order valence-corrected chi connectivity index (χ4v) is 9.61. The maximum Gasteiger partial charge on any atom is 0.438 e. The molecule has 2 aromatic carbocycles. The average Bonchev–Trinajstić information content (AvgIpc) is 3.21. The number of quaternary nitrogens is 1. The molecular formula is C28H33N6O5S2+. The highest BCUT2D eigenvalue weighted by Gasteiger charge is 2.68. The molecule has 41 heavy (non-hydrogen) atoms. The molecule has 13 heteroatoms. The third kappa shape index (κ3) is 4.82. The van der Waals surface area contributed by atoms with Gasteiger partial charge in [0.1, 0.15) is 24.2 Å². The predicted molar refractivity (Wildman–Crippen MR) is 155 cm³/mol. The van der Waals surface area contributed by atoms with E-state index in [0.29, 0.717) is 16.7 Å². The number of hydrogen-bond acceptors (Lipinski definition) is 7. The molecule has 1 fully saturated rings. The zero-order valence-electron chi connectivity index (χ0n) is 23.1. The van der Waals surface area contributed by atoms with Crippen molar-refractivity contribution in [1.82, 2.24) is 9.71 Å². The van der Waals surface area contributed by atoms with E-state index in [1.807, 2.05) is 0 Å². The summed E-state index contributed by atoms with van der Waals surface area (Å²) in [6.07, 6.45) is 2.48. The number of rotatable bonds is 6. The van der Waals surface area contributed by atoms with Crippen molar-refractivity contribution in [3.63, 3.8) is 0 Å². The Balaban J connectivity index is 1.80. The first-order valence-corrected chi connectivity index (χ1v) is 16.3. The van der Waals surface area contributed by atoms with Crippen LogP contribution in [0.4, 0.5) is 10.6 Å². The van der Waals surface area contributed by atoms with Gasteiger partial charge >= 0.3 is 16.1 Å². The Morgan fingerprint density at radius 2 is 1.71 bits per heavy atom. The quantitative estimate of drug-likeness (QED) is 0.192. The van der Waals surface area contributed by atoms with Gasteiger partial charge in [-0.3, -0.25) is 10.7 Å². The molecule has 3 aromatic rings. The van der Waals surface area contributed by atoms with Gasteiger partial charge in [0.05, 0.1) is 17.1 Å². The summed E-state index contributed by atoms with van der Waals surface area (Å²) < 4.78 is 57.1. The van der Waals surface area contributed by atoms with Gasteiger partial charge in [-0.1, -0.05) is 42.5 Å². The largest absolute Gasteiger partial charge is 0.438 e. The van der Waals surface area contributed by atoms with Crippen LogP contribution >= 0.6 is 0 Å². The van der Waals surface area contributed by atoms with Crippen molar-refractivity contribution in [1.29, 1.82) is 5.41 Å². The predicted octanol–water partition coefficient (Wildman–Crippen LogP) is 3.39. The molecule has 4 atom stereocenters. The number of sulfonamides is 2. The molecule has 5 rings (SSSR count). The summed E-state index contributed by atoms with van der Waals surface area (Å²) in [6.45, 7) is 4.96. The average molecular weight is 598 g/mol. The minimum atomic E-state index is -4.23. The van der Waals surface area contributed by atoms with E-state index in [1.54, 1.807) is 81.4 Å². The molecule has 4 bridgehead atoms. The van der Waals surface area contributed by atoms with E-state index in [0.717, 1.165) is 6.26 Å². The smallest absolute Gasteiger partial charge is 0.384 e. The van der Waals surface area contributed by atoms with Crippen molar-refractivity contribution >= 4 is 37.7 Å². The van der Waals surface area contributed by atoms with Crippen LogP contribution in [0.3, 0.4) is 0 Å². The summed E-state index contributed by atoms with van der Waals surface area (Å²) in [5, 5.41) is 10.6. The van der Waals surface area contributed by atoms with Crippen molar-refractivity contribution in [2.24, 2.45) is 5.73 Å². The number of anilines is 1. The van der Waals surface area contributed by atoms with Crippen LogP contribution in [0, 0.1) is 5.41 Å². The van der Waals surface area contributed by atoms with E-state index < -0.39 is 53.4 Å². The number of nitrogens with zero attached hydrogens (tertiary/aromatic N) is 2. The molecular weight excluding hydrogens is 564 g/mol. The highest BCUT2D eigenvalue weighted by molar-refractivity contribution is 7.89. The molecule has 1 aliphatic heterocycles. The van der Waals surface area contributed by atoms with Crippen LogP contribution < -0.4 is 15.8 Å². The van der Waals surface area contributed by atoms with Gasteiger partial charge < -0.3 is 5.73 Å². The number of carbonyl (C=O) groups is 1. The van der Waals surface area contributed by atoms with Gasteiger partial charge in [0, 0.05) is 28.8 Å². The molecule has 0 spiro atoms. The number of likely N-dealkylation sites (tertiary alicyclic amines) is 1. The number of nitrogen functional groups attached to an aromatic ring is 1. The Morgan fingerprint density at radius 1 is 1.02 bits per heavy atom. The number of urea groups is 1. The molecule has 1 aliphatic carbocycles. The summed E-state index contributed by atoms with van der Waals surface area (Å²) in [5.41, 5.74) is 6.72. The van der Waals surface area contributed by atoms with Gasteiger partial charge in [-0.05, 0) is 50.1 Å². The Morgan fingerprint density at radius 3 is 2.32 bits per heavy atom. The summed E-state index contributed by atoms with van der Waals surface area (Å²) >= 11 is 0. The summed E-state index contributed by atoms with van der Waals surface area (Å²) in [7, 11) is -8.35. The maximum atomic E-state index is 14.2. The van der Waals surface area contributed by atoms with Crippen LogP contribution in [-0.2, 0) is 20.0 Å². The third-order valence-corrected chi connectivity index (χ3v) is 11.2. The number of pyridine rings is 1. The molecule has 11 nitrogen and oxygen atoms in total. The molecule has 0 radical (unpaired) electrons. The van der Waals surface area contributed by atoms with Crippen LogP contribution in [0.2, 0.25) is 0 Å². The number of nitrogens with two attached hydrogens (primary N) is 1. The van der Waals surface area contributed by atoms with E-state index in [9.17, 15) is 21.6 Å². The summed E-state index contributed by atoms with van der Waals surface area (Å²) in [6, 6.07) is 14.8. The number of fused-ring (bicyclic) bond motifs is 6. The Kier molecular flexibility index (Phi) is 6.84. The monoisotopic (exact) mass is 597 g/mol. The number of hydrogen-bond donors (Lipinski definition) is 4. The third-order valence-electron chi connectivity index (χ3n) is 7.61. The molecule has 2 heterocycles. The van der Waals surface area contributed by atoms with E-state index >= 15 is 0 Å². The van der Waals surface area contributed by atoms with E-state index in [1.165, 1.54) is 6.20 Å². The van der Waals surface area contributed by atoms with Crippen molar-refractivity contribution in [3.8, 4) is 0 Å². The second kappa shape index (κ2) is 9.72. The first-order valence-electron chi connectivity index (χ1n) is 13.0. The Labute approximate surface area is 240 Å². The van der Waals surface area contributed by atoms with Crippen LogP contribution in [-0.4, -0.2) is 55.9 Å². The lowest BCUT2D eigenvalue weighted by Crippen LogP contribution is -2.58. The Bertz CT molecular complexity index is 1770. The first kappa shape index (κ1) is 28.9. The fraction of sp³-hybridized carbons (Fsp3) is 0.321. The van der Waals surface area contributed by atoms with Crippen molar-refractivity contribution in [2.75, 3.05) is 18.1 Å². The first-order chi connectivity index (χ1) is 19.1. The maximum absolute atomic E-state index is 14.2. The zero-order valence-corrected chi connectivity index (χ0v) is 24.8. The van der Waals surface area contributed by atoms with Gasteiger partial charge in [0.25, 0.3) is 0 Å². The number of amidine groups is 1. The molecule has 1 aromatic heterocycles. The van der Waals surface area contributed by atoms with Crippen LogP contribution in [0.1, 0.15) is 60.9 Å². The lowest BCUT2D eigenvalue weighted by molar-refractivity contribution is -0.740. The highest BCUT2D eigenvalue weighted by Crippen LogP contribution is 2.62. The molecule has 2 amide bonds. The van der Waals surface area contributed by atoms with Gasteiger partial charge in [0.2, 0.25) is 10.0 Å². The second-order valence-corrected chi connectivity index (χ2v) is 15.3. The number of carbonyl (C=O) groups excluding carboxylic acids is 1. The van der Waals surface area contributed by atoms with Crippen LogP contribution in [0.25, 0.3) is 0 Å². The Hall–Kier alpha value is -3.65. The van der Waals surface area contributed by atoms with Gasteiger partial charge in [0.15, 0.2) is 0 Å². The molecule has 1 saturated heterocycles. The van der Waals surface area contributed by atoms with Crippen LogP contribution in [0.15, 0.2) is 71.8 Å². The topological polar surface area (TPSA) is 172 Å². The second-order valence-electron chi connectivity index (χ2n) is 11.6. The van der Waals surface area contributed by atoms with Gasteiger partial charge in [-0.25, -0.2) is 22.9 Å². The molecule has 216 valence electrons. The normalized spacial score (nSPS) is 23.7. The van der Waals surface area contributed by atoms with Crippen molar-refractivity contribution in [2.45, 2.75) is 49.1 Å². The number of benzene rings is 2. The number of nitrogens with one attached hydrogen (secondary N) is 3. The number of amides is 2. The molecule has 2 unspecified atom stereocenters. The fourth-order valence-electron chi connectivity index (χ4n) is 6.24. The molecule has 2 aliphatic rings. The van der Waals surface area contributed by atoms with E-state index in [-0.39, 0.29) is 28.7 Å². The standard InChI is InChI=1S/C28H32N6O5S2/c1-28(2,3)33-41(38,39)25-19-11-8-12-20(25)24-23(17-9-7-10-18(15-17)26(29)30)21(19)16-34(24,40(4,36)37)27(35)32-22-13-5-6-14-31-22/h5-15,21,23-24,33H,16H2,1-4H3,(H3-,29,30,31,32,35)/p+1/t21-,23?,24?,34+/m1/s1. The number of aromatic nitrogens is 1. The lowest BCUT2D eigenvalue weighted by Gasteiger charge is -2.38. The van der Waals surface area contributed by atoms with Crippen molar-refractivity contribution in [3.05, 3.63) is 89.1 Å². The van der Waals surface area contributed by atoms with Gasteiger partial charge in [-0.2, -0.15) is 8.42 Å². The van der Waals surface area contributed by atoms with Crippen LogP contribution in [0.5, 0.6) is 0 Å². The van der Waals surface area contributed by atoms with Crippen molar-refractivity contribution < 1.29 is 25.5 Å². The summed E-state index contributed by atoms with van der Waals surface area (Å²) in [5.74, 6) is -1.28. The minimum Gasteiger partial charge on any atom is -0.384 e. The zero-order chi connectivity index (χ0) is 30.0. The van der Waals surface area contributed by atoms with E-state index in [4.69, 9.17) is 11.1 Å². The molecule has 5 N–H and O–H groups in total. The van der Waals surface area contributed by atoms with Gasteiger partial charge in [-0.15, -0.1) is 3.89 Å². The lowest BCUT2D eigenvalue weighted by atomic mass is 9.73.